The van der Waals surface area contributed by atoms with Gasteiger partial charge in [0.25, 0.3) is 0 Å². The summed E-state index contributed by atoms with van der Waals surface area (Å²) in [5, 5.41) is 6.56. The summed E-state index contributed by atoms with van der Waals surface area (Å²) < 4.78 is 9.41. The third kappa shape index (κ3) is 2.49. The predicted molar refractivity (Wildman–Crippen MR) is 59.2 cm³/mol. The lowest BCUT2D eigenvalue weighted by Crippen LogP contribution is -2.51. The van der Waals surface area contributed by atoms with Crippen molar-refractivity contribution in [2.45, 2.75) is 38.1 Å². The van der Waals surface area contributed by atoms with E-state index in [1.807, 2.05) is 0 Å². The van der Waals surface area contributed by atoms with Crippen molar-refractivity contribution >= 4 is 11.9 Å². The van der Waals surface area contributed by atoms with Crippen molar-refractivity contribution in [3.8, 4) is 0 Å². The second kappa shape index (κ2) is 5.16. The van der Waals surface area contributed by atoms with Gasteiger partial charge in [0.1, 0.15) is 12.0 Å². The molecule has 0 atom stereocenters. The maximum atomic E-state index is 11.7. The van der Waals surface area contributed by atoms with Gasteiger partial charge in [-0.05, 0) is 26.2 Å². The van der Waals surface area contributed by atoms with E-state index in [9.17, 15) is 9.59 Å². The van der Waals surface area contributed by atoms with Crippen LogP contribution in [0.25, 0.3) is 0 Å². The molecule has 1 fully saturated rings. The Balaban J connectivity index is 1.95. The average molecular weight is 253 g/mol. The van der Waals surface area contributed by atoms with Crippen LogP contribution in [0.5, 0.6) is 0 Å². The third-order valence-corrected chi connectivity index (χ3v) is 2.99. The van der Waals surface area contributed by atoms with Crippen LogP contribution in [0.3, 0.4) is 0 Å². The van der Waals surface area contributed by atoms with E-state index in [2.05, 4.69) is 15.5 Å². The first-order valence-corrected chi connectivity index (χ1v) is 5.90. The molecule has 1 aromatic heterocycles. The van der Waals surface area contributed by atoms with Crippen LogP contribution in [-0.4, -0.2) is 28.6 Å². The number of nitrogens with one attached hydrogen (secondary N) is 1. The Morgan fingerprint density at radius 3 is 2.83 bits per heavy atom. The number of amides is 1. The van der Waals surface area contributed by atoms with Gasteiger partial charge < -0.3 is 14.6 Å². The molecule has 0 spiro atoms. The molecule has 1 aliphatic carbocycles. The Morgan fingerprint density at radius 1 is 1.56 bits per heavy atom. The zero-order valence-corrected chi connectivity index (χ0v) is 10.1. The van der Waals surface area contributed by atoms with Crippen LogP contribution in [-0.2, 0) is 19.9 Å². The maximum absolute atomic E-state index is 11.7. The summed E-state index contributed by atoms with van der Waals surface area (Å²) in [6.45, 7) is 1.96. The highest BCUT2D eigenvalue weighted by molar-refractivity contribution is 5.94. The van der Waals surface area contributed by atoms with Crippen LogP contribution in [0.4, 0.5) is 0 Å². The van der Waals surface area contributed by atoms with Crippen LogP contribution >= 0.6 is 0 Å². The van der Waals surface area contributed by atoms with Crippen LogP contribution in [0.15, 0.2) is 10.9 Å². The number of rotatable bonds is 5. The number of hydrogen-bond acceptors (Lipinski definition) is 6. The number of hydrogen-bond donors (Lipinski definition) is 1. The molecule has 0 aliphatic heterocycles. The lowest BCUT2D eigenvalue weighted by Gasteiger charge is -2.39. The van der Waals surface area contributed by atoms with E-state index in [-0.39, 0.29) is 18.9 Å². The fourth-order valence-electron chi connectivity index (χ4n) is 1.97. The molecule has 1 aromatic rings. The Bertz CT molecular complexity index is 426. The molecule has 1 saturated carbocycles. The summed E-state index contributed by atoms with van der Waals surface area (Å²) in [6, 6.07) is 0. The first-order valence-electron chi connectivity index (χ1n) is 5.90. The summed E-state index contributed by atoms with van der Waals surface area (Å²) in [7, 11) is 0. The van der Waals surface area contributed by atoms with Crippen molar-refractivity contribution < 1.29 is 18.8 Å². The Morgan fingerprint density at radius 2 is 2.33 bits per heavy atom. The van der Waals surface area contributed by atoms with Gasteiger partial charge in [-0.3, -0.25) is 9.59 Å². The molecule has 1 N–H and O–H groups in total. The van der Waals surface area contributed by atoms with E-state index in [0.29, 0.717) is 5.82 Å². The normalized spacial score (nSPS) is 16.7. The van der Waals surface area contributed by atoms with E-state index in [1.54, 1.807) is 6.92 Å². The van der Waals surface area contributed by atoms with Gasteiger partial charge in [0.15, 0.2) is 5.82 Å². The monoisotopic (exact) mass is 253 g/mol. The highest BCUT2D eigenvalue weighted by Gasteiger charge is 2.43. The van der Waals surface area contributed by atoms with E-state index < -0.39 is 11.5 Å². The molecule has 1 amide bonds. The second-order valence-electron chi connectivity index (χ2n) is 4.22. The number of carbonyl (C=O) groups is 2. The smallest absolute Gasteiger partial charge is 0.315 e. The zero-order chi connectivity index (χ0) is 13.0. The van der Waals surface area contributed by atoms with Gasteiger partial charge in [-0.1, -0.05) is 5.16 Å². The first kappa shape index (κ1) is 12.5. The Hall–Kier alpha value is -1.92. The quantitative estimate of drug-likeness (QED) is 0.607. The van der Waals surface area contributed by atoms with Gasteiger partial charge in [-0.25, -0.2) is 0 Å². The number of aromatic nitrogens is 2. The minimum atomic E-state index is -0.573. The van der Waals surface area contributed by atoms with Crippen molar-refractivity contribution in [3.05, 3.63) is 12.2 Å². The Labute approximate surface area is 104 Å². The molecule has 7 nitrogen and oxygen atoms in total. The molecule has 1 heterocycles. The highest BCUT2D eigenvalue weighted by Crippen LogP contribution is 2.39. The molecule has 98 valence electrons. The SMILES string of the molecule is CCOC(=O)CC(=O)NC1(c2ncon2)CCC1. The van der Waals surface area contributed by atoms with Crippen molar-refractivity contribution in [2.24, 2.45) is 0 Å². The van der Waals surface area contributed by atoms with Crippen molar-refractivity contribution in [2.75, 3.05) is 6.61 Å². The van der Waals surface area contributed by atoms with Gasteiger partial charge in [0.05, 0.1) is 6.61 Å². The molecule has 0 radical (unpaired) electrons. The number of carbonyl (C=O) groups excluding carboxylic acids is 2. The highest BCUT2D eigenvalue weighted by atomic mass is 16.5. The van der Waals surface area contributed by atoms with E-state index >= 15 is 0 Å². The van der Waals surface area contributed by atoms with Crippen LogP contribution < -0.4 is 5.32 Å². The van der Waals surface area contributed by atoms with Crippen molar-refractivity contribution in [1.29, 1.82) is 0 Å². The maximum Gasteiger partial charge on any atom is 0.315 e. The molecule has 0 saturated heterocycles. The molecular formula is C11H15N3O4. The molecule has 7 heteroatoms. The predicted octanol–water partition coefficient (Wildman–Crippen LogP) is 0.518. The summed E-state index contributed by atoms with van der Waals surface area (Å²) in [4.78, 5) is 26.9. The lowest BCUT2D eigenvalue weighted by molar-refractivity contribution is -0.146. The van der Waals surface area contributed by atoms with Crippen molar-refractivity contribution in [1.82, 2.24) is 15.5 Å². The average Bonchev–Trinajstić information content (AvgIpc) is 2.77. The number of ether oxygens (including phenoxy) is 1. The fourth-order valence-corrected chi connectivity index (χ4v) is 1.97. The zero-order valence-electron chi connectivity index (χ0n) is 10.1. The molecule has 18 heavy (non-hydrogen) atoms. The van der Waals surface area contributed by atoms with Crippen molar-refractivity contribution in [3.63, 3.8) is 0 Å². The van der Waals surface area contributed by atoms with Gasteiger partial charge in [-0.15, -0.1) is 0 Å². The lowest BCUT2D eigenvalue weighted by atomic mass is 9.76. The summed E-state index contributed by atoms with van der Waals surface area (Å²) in [6.07, 6.45) is 3.43. The standard InChI is InChI=1S/C11H15N3O4/c1-2-17-9(16)6-8(15)13-11(4-3-5-11)10-12-7-18-14-10/h7H,2-6H2,1H3,(H,13,15). The summed E-state index contributed by atoms with van der Waals surface area (Å²) >= 11 is 0. The largest absolute Gasteiger partial charge is 0.466 e. The van der Waals surface area contributed by atoms with E-state index in [4.69, 9.17) is 9.26 Å². The van der Waals surface area contributed by atoms with Crippen LogP contribution in [0.1, 0.15) is 38.4 Å². The summed E-state index contributed by atoms with van der Waals surface area (Å²) in [5.74, 6) is -0.443. The third-order valence-electron chi connectivity index (χ3n) is 2.99. The number of nitrogens with zero attached hydrogens (tertiary/aromatic N) is 2. The van der Waals surface area contributed by atoms with Crippen LogP contribution in [0, 0.1) is 0 Å². The number of esters is 1. The fraction of sp³-hybridized carbons (Fsp3) is 0.636. The van der Waals surface area contributed by atoms with Gasteiger partial charge >= 0.3 is 5.97 Å². The Kier molecular flexibility index (Phi) is 3.59. The van der Waals surface area contributed by atoms with E-state index in [0.717, 1.165) is 19.3 Å². The first-order chi connectivity index (χ1) is 8.66. The van der Waals surface area contributed by atoms with Gasteiger partial charge in [0.2, 0.25) is 12.3 Å². The molecule has 0 bridgehead atoms. The van der Waals surface area contributed by atoms with Gasteiger partial charge in [-0.2, -0.15) is 4.98 Å². The molecule has 0 aromatic carbocycles. The molecular weight excluding hydrogens is 238 g/mol. The van der Waals surface area contributed by atoms with E-state index in [1.165, 1.54) is 6.39 Å². The molecule has 2 rings (SSSR count). The van der Waals surface area contributed by atoms with Gasteiger partial charge in [0, 0.05) is 0 Å². The molecule has 1 aliphatic rings. The topological polar surface area (TPSA) is 94.3 Å². The minimum absolute atomic E-state index is 0.266. The van der Waals surface area contributed by atoms with Crippen LogP contribution in [0.2, 0.25) is 0 Å². The minimum Gasteiger partial charge on any atom is -0.466 e. The second-order valence-corrected chi connectivity index (χ2v) is 4.22. The molecule has 0 unspecified atom stereocenters. The summed E-state index contributed by atoms with van der Waals surface area (Å²) in [5.41, 5.74) is -0.573.